The van der Waals surface area contributed by atoms with Gasteiger partial charge in [0, 0.05) is 25.4 Å². The summed E-state index contributed by atoms with van der Waals surface area (Å²) in [5.41, 5.74) is 1.13. The van der Waals surface area contributed by atoms with Gasteiger partial charge in [0.15, 0.2) is 0 Å². The predicted molar refractivity (Wildman–Crippen MR) is 78.5 cm³/mol. The summed E-state index contributed by atoms with van der Waals surface area (Å²) in [5.74, 6) is 0.527. The molecule has 5 nitrogen and oxygen atoms in total. The molecule has 0 bridgehead atoms. The van der Waals surface area contributed by atoms with Crippen molar-refractivity contribution in [3.63, 3.8) is 0 Å². The molecule has 1 aromatic rings. The van der Waals surface area contributed by atoms with Crippen LogP contribution >= 0.6 is 0 Å². The first-order chi connectivity index (χ1) is 9.61. The molecule has 2 amide bonds. The monoisotopic (exact) mass is 275 g/mol. The summed E-state index contributed by atoms with van der Waals surface area (Å²) in [7, 11) is 0. The molecule has 0 aliphatic heterocycles. The second kappa shape index (κ2) is 8.94. The molecule has 0 aromatic heterocycles. The Morgan fingerprint density at radius 1 is 1.45 bits per heavy atom. The fraction of sp³-hybridized carbons (Fsp3) is 0.467. The molecule has 0 atom stereocenters. The number of carbonyl (C=O) groups excluding carboxylic acids is 1. The Hall–Kier alpha value is -2.06. The summed E-state index contributed by atoms with van der Waals surface area (Å²) in [5, 5.41) is 14.2. The first-order valence-electron chi connectivity index (χ1n) is 6.74. The smallest absolute Gasteiger partial charge is 0.319 e. The van der Waals surface area contributed by atoms with Crippen molar-refractivity contribution in [3.8, 4) is 6.07 Å². The minimum atomic E-state index is -0.274. The summed E-state index contributed by atoms with van der Waals surface area (Å²) in [6.45, 7) is 6.14. The van der Waals surface area contributed by atoms with Crippen LogP contribution in [0.15, 0.2) is 24.3 Å². The van der Waals surface area contributed by atoms with Crippen molar-refractivity contribution < 1.29 is 9.53 Å². The van der Waals surface area contributed by atoms with Crippen LogP contribution in [0, 0.1) is 17.2 Å². The number of nitrogens with zero attached hydrogens (tertiary/aromatic N) is 1. The Morgan fingerprint density at radius 3 is 2.95 bits per heavy atom. The van der Waals surface area contributed by atoms with E-state index >= 15 is 0 Å². The minimum Gasteiger partial charge on any atom is -0.381 e. The second-order valence-electron chi connectivity index (χ2n) is 4.90. The summed E-state index contributed by atoms with van der Waals surface area (Å²) < 4.78 is 5.42. The first-order valence-corrected chi connectivity index (χ1v) is 6.74. The number of nitrogens with one attached hydrogen (secondary N) is 2. The normalized spacial score (nSPS) is 10.1. The van der Waals surface area contributed by atoms with Crippen molar-refractivity contribution in [1.82, 2.24) is 5.32 Å². The highest BCUT2D eigenvalue weighted by Gasteiger charge is 2.01. The van der Waals surface area contributed by atoms with Crippen LogP contribution in [0.25, 0.3) is 0 Å². The van der Waals surface area contributed by atoms with Crippen LogP contribution in [0.1, 0.15) is 25.8 Å². The lowest BCUT2D eigenvalue weighted by Gasteiger charge is -2.09. The lowest BCUT2D eigenvalue weighted by molar-refractivity contribution is 0.108. The van der Waals surface area contributed by atoms with Crippen molar-refractivity contribution in [2.24, 2.45) is 5.92 Å². The van der Waals surface area contributed by atoms with E-state index < -0.39 is 0 Å². The van der Waals surface area contributed by atoms with E-state index in [4.69, 9.17) is 10.00 Å². The lowest BCUT2D eigenvalue weighted by Crippen LogP contribution is -2.30. The number of amides is 2. The fourth-order valence-electron chi connectivity index (χ4n) is 1.54. The number of hydrogen-bond donors (Lipinski definition) is 2. The van der Waals surface area contributed by atoms with Gasteiger partial charge in [-0.2, -0.15) is 5.26 Å². The van der Waals surface area contributed by atoms with Gasteiger partial charge >= 0.3 is 6.03 Å². The molecule has 0 spiro atoms. The van der Waals surface area contributed by atoms with Crippen LogP contribution < -0.4 is 10.6 Å². The van der Waals surface area contributed by atoms with E-state index in [1.54, 1.807) is 24.3 Å². The van der Waals surface area contributed by atoms with Gasteiger partial charge in [-0.1, -0.05) is 19.9 Å². The zero-order valence-corrected chi connectivity index (χ0v) is 12.0. The molecule has 2 N–H and O–H groups in total. The average Bonchev–Trinajstić information content (AvgIpc) is 2.42. The topological polar surface area (TPSA) is 74.2 Å². The van der Waals surface area contributed by atoms with Crippen molar-refractivity contribution in [1.29, 1.82) is 5.26 Å². The number of carbonyl (C=O) groups is 1. The van der Waals surface area contributed by atoms with Crippen molar-refractivity contribution in [2.45, 2.75) is 20.3 Å². The predicted octanol–water partition coefficient (Wildman–Crippen LogP) is 2.74. The molecule has 0 aliphatic rings. The molecule has 0 saturated heterocycles. The van der Waals surface area contributed by atoms with Crippen LogP contribution in [0.2, 0.25) is 0 Å². The Labute approximate surface area is 119 Å². The molecular weight excluding hydrogens is 254 g/mol. The van der Waals surface area contributed by atoms with E-state index in [0.717, 1.165) is 13.0 Å². The number of urea groups is 1. The van der Waals surface area contributed by atoms with Gasteiger partial charge in [-0.25, -0.2) is 4.79 Å². The van der Waals surface area contributed by atoms with Gasteiger partial charge in [0.05, 0.1) is 11.6 Å². The van der Waals surface area contributed by atoms with Crippen molar-refractivity contribution in [2.75, 3.05) is 25.1 Å². The Balaban J connectivity index is 2.19. The van der Waals surface area contributed by atoms with Crippen LogP contribution in [-0.4, -0.2) is 25.8 Å². The quantitative estimate of drug-likeness (QED) is 0.751. The minimum absolute atomic E-state index is 0.274. The molecule has 5 heteroatoms. The molecule has 0 saturated carbocycles. The van der Waals surface area contributed by atoms with Gasteiger partial charge in [0.25, 0.3) is 0 Å². The number of benzene rings is 1. The maximum Gasteiger partial charge on any atom is 0.319 e. The standard InChI is InChI=1S/C15H21N3O2/c1-12(2)11-20-8-4-7-17-15(19)18-14-6-3-5-13(9-14)10-16/h3,5-6,9,12H,4,7-8,11H2,1-2H3,(H2,17,18,19). The van der Waals surface area contributed by atoms with E-state index in [1.807, 2.05) is 6.07 Å². The third-order valence-corrected chi connectivity index (χ3v) is 2.45. The van der Waals surface area contributed by atoms with E-state index in [2.05, 4.69) is 24.5 Å². The number of nitriles is 1. The highest BCUT2D eigenvalue weighted by atomic mass is 16.5. The van der Waals surface area contributed by atoms with Crippen LogP contribution in [0.3, 0.4) is 0 Å². The third-order valence-electron chi connectivity index (χ3n) is 2.45. The Bertz CT molecular complexity index is 466. The number of rotatable bonds is 7. The molecule has 0 radical (unpaired) electrons. The Morgan fingerprint density at radius 2 is 2.25 bits per heavy atom. The molecule has 20 heavy (non-hydrogen) atoms. The average molecular weight is 275 g/mol. The Kier molecular flexibility index (Phi) is 7.15. The molecular formula is C15H21N3O2. The van der Waals surface area contributed by atoms with Crippen molar-refractivity contribution >= 4 is 11.7 Å². The lowest BCUT2D eigenvalue weighted by atomic mass is 10.2. The van der Waals surface area contributed by atoms with Gasteiger partial charge in [0.2, 0.25) is 0 Å². The van der Waals surface area contributed by atoms with Gasteiger partial charge in [-0.3, -0.25) is 0 Å². The number of anilines is 1. The molecule has 0 heterocycles. The molecule has 0 fully saturated rings. The summed E-state index contributed by atoms with van der Waals surface area (Å²) in [6, 6.07) is 8.55. The van der Waals surface area contributed by atoms with E-state index in [0.29, 0.717) is 30.3 Å². The van der Waals surface area contributed by atoms with Crippen LogP contribution in [0.4, 0.5) is 10.5 Å². The summed E-state index contributed by atoms with van der Waals surface area (Å²) in [4.78, 5) is 11.6. The molecule has 1 rings (SSSR count). The van der Waals surface area contributed by atoms with Gasteiger partial charge in [0.1, 0.15) is 0 Å². The number of hydrogen-bond acceptors (Lipinski definition) is 3. The zero-order chi connectivity index (χ0) is 14.8. The second-order valence-corrected chi connectivity index (χ2v) is 4.90. The first kappa shape index (κ1) is 16.0. The number of ether oxygens (including phenoxy) is 1. The van der Waals surface area contributed by atoms with Gasteiger partial charge in [-0.05, 0) is 30.5 Å². The highest BCUT2D eigenvalue weighted by Crippen LogP contribution is 2.09. The van der Waals surface area contributed by atoms with E-state index in [-0.39, 0.29) is 6.03 Å². The highest BCUT2D eigenvalue weighted by molar-refractivity contribution is 5.89. The maximum atomic E-state index is 11.6. The molecule has 0 aliphatic carbocycles. The molecule has 1 aromatic carbocycles. The van der Waals surface area contributed by atoms with E-state index in [1.165, 1.54) is 0 Å². The summed E-state index contributed by atoms with van der Waals surface area (Å²) in [6.07, 6.45) is 0.776. The van der Waals surface area contributed by atoms with Gasteiger partial charge in [-0.15, -0.1) is 0 Å². The zero-order valence-electron chi connectivity index (χ0n) is 12.0. The fourth-order valence-corrected chi connectivity index (χ4v) is 1.54. The van der Waals surface area contributed by atoms with Crippen LogP contribution in [-0.2, 0) is 4.74 Å². The summed E-state index contributed by atoms with van der Waals surface area (Å²) >= 11 is 0. The van der Waals surface area contributed by atoms with Gasteiger partial charge < -0.3 is 15.4 Å². The largest absolute Gasteiger partial charge is 0.381 e. The molecule has 108 valence electrons. The molecule has 0 unspecified atom stereocenters. The van der Waals surface area contributed by atoms with Crippen molar-refractivity contribution in [3.05, 3.63) is 29.8 Å². The van der Waals surface area contributed by atoms with E-state index in [9.17, 15) is 4.79 Å². The third kappa shape index (κ3) is 6.76. The maximum absolute atomic E-state index is 11.6. The van der Waals surface area contributed by atoms with Crippen LogP contribution in [0.5, 0.6) is 0 Å². The SMILES string of the molecule is CC(C)COCCCNC(=O)Nc1cccc(C#N)c1.